The second kappa shape index (κ2) is 7.39. The van der Waals surface area contributed by atoms with Gasteiger partial charge in [0.15, 0.2) is 0 Å². The molecule has 1 fully saturated rings. The van der Waals surface area contributed by atoms with E-state index in [9.17, 15) is 0 Å². The lowest BCUT2D eigenvalue weighted by molar-refractivity contribution is -0.0310. The summed E-state index contributed by atoms with van der Waals surface area (Å²) in [4.78, 5) is 0. The monoisotopic (exact) mass is 327 g/mol. The Morgan fingerprint density at radius 3 is 3.00 bits per heavy atom. The maximum atomic E-state index is 6.20. The third-order valence-corrected chi connectivity index (χ3v) is 4.02. The number of halogens is 1. The first kappa shape index (κ1) is 15.0. The van der Waals surface area contributed by atoms with Gasteiger partial charge in [-0.1, -0.05) is 35.0 Å². The van der Waals surface area contributed by atoms with Crippen molar-refractivity contribution in [2.24, 2.45) is 5.73 Å². The van der Waals surface area contributed by atoms with E-state index < -0.39 is 0 Å². The molecule has 1 aromatic carbocycles. The van der Waals surface area contributed by atoms with E-state index in [1.807, 2.05) is 12.1 Å². The van der Waals surface area contributed by atoms with Crippen molar-refractivity contribution in [3.63, 3.8) is 0 Å². The number of benzene rings is 1. The smallest absolute Gasteiger partial charge is 0.0977 e. The fourth-order valence-corrected chi connectivity index (χ4v) is 2.77. The Bertz CT molecular complexity index is 393. The van der Waals surface area contributed by atoms with Crippen LogP contribution >= 0.6 is 15.9 Å². The van der Waals surface area contributed by atoms with Crippen LogP contribution in [0.4, 0.5) is 0 Å². The van der Waals surface area contributed by atoms with E-state index in [1.165, 1.54) is 0 Å². The molecule has 0 aliphatic carbocycles. The predicted octanol–water partition coefficient (Wildman–Crippen LogP) is 3.42. The summed E-state index contributed by atoms with van der Waals surface area (Å²) in [6.45, 7) is 3.57. The molecule has 19 heavy (non-hydrogen) atoms. The molecule has 1 aliphatic rings. The highest BCUT2D eigenvalue weighted by Crippen LogP contribution is 2.26. The standard InChI is InChI=1S/C15H22BrNO2/c1-2-14(17)15(11-5-3-6-12(16)9-11)19-10-13-7-4-8-18-13/h3,5-6,9,13-15H,2,4,7-8,10,17H2,1H3. The van der Waals surface area contributed by atoms with Gasteiger partial charge in [0.25, 0.3) is 0 Å². The predicted molar refractivity (Wildman–Crippen MR) is 80.1 cm³/mol. The summed E-state index contributed by atoms with van der Waals surface area (Å²) in [5.74, 6) is 0. The molecule has 1 saturated heterocycles. The van der Waals surface area contributed by atoms with Crippen LogP contribution in [0.3, 0.4) is 0 Å². The molecule has 3 atom stereocenters. The van der Waals surface area contributed by atoms with Gasteiger partial charge in [0.1, 0.15) is 0 Å². The molecule has 2 rings (SSSR count). The number of hydrogen-bond donors (Lipinski definition) is 1. The molecule has 0 bridgehead atoms. The van der Waals surface area contributed by atoms with Crippen molar-refractivity contribution < 1.29 is 9.47 Å². The van der Waals surface area contributed by atoms with Gasteiger partial charge in [-0.25, -0.2) is 0 Å². The fraction of sp³-hybridized carbons (Fsp3) is 0.600. The van der Waals surface area contributed by atoms with Gasteiger partial charge in [0, 0.05) is 17.1 Å². The maximum Gasteiger partial charge on any atom is 0.0977 e. The van der Waals surface area contributed by atoms with Gasteiger partial charge in [-0.3, -0.25) is 0 Å². The summed E-state index contributed by atoms with van der Waals surface area (Å²) in [6, 6.07) is 8.19. The highest BCUT2D eigenvalue weighted by atomic mass is 79.9. The van der Waals surface area contributed by atoms with Crippen molar-refractivity contribution in [3.8, 4) is 0 Å². The average Bonchev–Trinajstić information content (AvgIpc) is 2.92. The molecule has 3 nitrogen and oxygen atoms in total. The zero-order valence-electron chi connectivity index (χ0n) is 11.3. The Hall–Kier alpha value is -0.420. The zero-order chi connectivity index (χ0) is 13.7. The second-order valence-electron chi connectivity index (χ2n) is 5.02. The lowest BCUT2D eigenvalue weighted by atomic mass is 10.0. The van der Waals surface area contributed by atoms with Crippen LogP contribution in [0.15, 0.2) is 28.7 Å². The summed E-state index contributed by atoms with van der Waals surface area (Å²) < 4.78 is 12.7. The highest BCUT2D eigenvalue weighted by Gasteiger charge is 2.23. The van der Waals surface area contributed by atoms with Crippen molar-refractivity contribution in [3.05, 3.63) is 34.3 Å². The Balaban J connectivity index is 2.02. The minimum atomic E-state index is -0.0632. The van der Waals surface area contributed by atoms with E-state index in [4.69, 9.17) is 15.2 Å². The fourth-order valence-electron chi connectivity index (χ4n) is 2.35. The number of hydrogen-bond acceptors (Lipinski definition) is 3. The molecule has 1 aromatic rings. The molecule has 106 valence electrons. The summed E-state index contributed by atoms with van der Waals surface area (Å²) in [6.07, 6.45) is 3.29. The van der Waals surface area contributed by atoms with Gasteiger partial charge in [-0.05, 0) is 37.0 Å². The first-order valence-electron chi connectivity index (χ1n) is 6.95. The molecule has 1 aliphatic heterocycles. The lowest BCUT2D eigenvalue weighted by Crippen LogP contribution is -2.31. The van der Waals surface area contributed by atoms with Gasteiger partial charge in [0.05, 0.1) is 18.8 Å². The Morgan fingerprint density at radius 1 is 1.53 bits per heavy atom. The molecule has 0 spiro atoms. The number of rotatable bonds is 6. The topological polar surface area (TPSA) is 44.5 Å². The average molecular weight is 328 g/mol. The third kappa shape index (κ3) is 4.28. The Morgan fingerprint density at radius 2 is 2.37 bits per heavy atom. The summed E-state index contributed by atoms with van der Waals surface area (Å²) in [7, 11) is 0. The van der Waals surface area contributed by atoms with E-state index in [2.05, 4.69) is 35.0 Å². The van der Waals surface area contributed by atoms with Crippen LogP contribution in [0.25, 0.3) is 0 Å². The normalized spacial score (nSPS) is 22.4. The lowest BCUT2D eigenvalue weighted by Gasteiger charge is -2.25. The Labute approximate surface area is 123 Å². The van der Waals surface area contributed by atoms with E-state index in [1.54, 1.807) is 0 Å². The van der Waals surface area contributed by atoms with Crippen LogP contribution in [0.2, 0.25) is 0 Å². The first-order chi connectivity index (χ1) is 9.20. The molecule has 0 aromatic heterocycles. The third-order valence-electron chi connectivity index (χ3n) is 3.52. The summed E-state index contributed by atoms with van der Waals surface area (Å²) in [5, 5.41) is 0. The molecular formula is C15H22BrNO2. The van der Waals surface area contributed by atoms with Crippen molar-refractivity contribution >= 4 is 15.9 Å². The molecule has 3 unspecified atom stereocenters. The van der Waals surface area contributed by atoms with Gasteiger partial charge in [0.2, 0.25) is 0 Å². The van der Waals surface area contributed by atoms with E-state index in [-0.39, 0.29) is 18.2 Å². The largest absolute Gasteiger partial charge is 0.376 e. The van der Waals surface area contributed by atoms with Crippen molar-refractivity contribution in [1.82, 2.24) is 0 Å². The molecule has 0 radical (unpaired) electrons. The van der Waals surface area contributed by atoms with Crippen LogP contribution in [0, 0.1) is 0 Å². The SMILES string of the molecule is CCC(N)C(OCC1CCCO1)c1cccc(Br)c1. The van der Waals surface area contributed by atoms with Gasteiger partial charge < -0.3 is 15.2 Å². The zero-order valence-corrected chi connectivity index (χ0v) is 12.9. The first-order valence-corrected chi connectivity index (χ1v) is 7.74. The number of ether oxygens (including phenoxy) is 2. The van der Waals surface area contributed by atoms with Crippen molar-refractivity contribution in [1.29, 1.82) is 0 Å². The summed E-state index contributed by atoms with van der Waals surface area (Å²) in [5.41, 5.74) is 7.33. The maximum absolute atomic E-state index is 6.20. The minimum absolute atomic E-state index is 0.00991. The Kier molecular flexibility index (Phi) is 5.82. The van der Waals surface area contributed by atoms with Crippen LogP contribution < -0.4 is 5.73 Å². The van der Waals surface area contributed by atoms with E-state index >= 15 is 0 Å². The van der Waals surface area contributed by atoms with E-state index in [0.29, 0.717) is 6.61 Å². The number of nitrogens with two attached hydrogens (primary N) is 1. The minimum Gasteiger partial charge on any atom is -0.376 e. The molecule has 4 heteroatoms. The second-order valence-corrected chi connectivity index (χ2v) is 5.93. The van der Waals surface area contributed by atoms with Crippen LogP contribution in [0.5, 0.6) is 0 Å². The van der Waals surface area contributed by atoms with Gasteiger partial charge >= 0.3 is 0 Å². The van der Waals surface area contributed by atoms with E-state index in [0.717, 1.165) is 35.9 Å². The molecule has 0 amide bonds. The molecule has 1 heterocycles. The van der Waals surface area contributed by atoms with Gasteiger partial charge in [-0.2, -0.15) is 0 Å². The van der Waals surface area contributed by atoms with Crippen molar-refractivity contribution in [2.75, 3.05) is 13.2 Å². The highest BCUT2D eigenvalue weighted by molar-refractivity contribution is 9.10. The van der Waals surface area contributed by atoms with Gasteiger partial charge in [-0.15, -0.1) is 0 Å². The molecular weight excluding hydrogens is 306 g/mol. The quantitative estimate of drug-likeness (QED) is 0.870. The molecule has 2 N–H and O–H groups in total. The van der Waals surface area contributed by atoms with Crippen LogP contribution in [0.1, 0.15) is 37.9 Å². The molecule has 0 saturated carbocycles. The van der Waals surface area contributed by atoms with Crippen LogP contribution in [-0.4, -0.2) is 25.4 Å². The van der Waals surface area contributed by atoms with Crippen molar-refractivity contribution in [2.45, 2.75) is 44.4 Å². The van der Waals surface area contributed by atoms with Crippen LogP contribution in [-0.2, 0) is 9.47 Å². The summed E-state index contributed by atoms with van der Waals surface area (Å²) >= 11 is 3.50.